The van der Waals surface area contributed by atoms with Gasteiger partial charge in [-0.15, -0.1) is 0 Å². The smallest absolute Gasteiger partial charge is 0.0406 e. The fraction of sp³-hybridized carbons (Fsp3) is 0.143. The maximum absolute atomic E-state index is 5.87. The number of benzene rings is 2. The first-order chi connectivity index (χ1) is 8.19. The quantitative estimate of drug-likeness (QED) is 0.625. The summed E-state index contributed by atoms with van der Waals surface area (Å²) in [6.07, 6.45) is 1.08. The van der Waals surface area contributed by atoms with Gasteiger partial charge in [0.05, 0.1) is 0 Å². The lowest BCUT2D eigenvalue weighted by molar-refractivity contribution is 1.11. The molecule has 0 atom stereocenters. The monoisotopic (exact) mass is 374 g/mol. The zero-order chi connectivity index (χ0) is 12.3. The highest BCUT2D eigenvalue weighted by molar-refractivity contribution is 14.1. The Balaban J connectivity index is 2.21. The van der Waals surface area contributed by atoms with Gasteiger partial charge in [0.1, 0.15) is 0 Å². The van der Waals surface area contributed by atoms with E-state index in [1.165, 1.54) is 18.9 Å². The minimum absolute atomic E-state index is 0.784. The Bertz CT molecular complexity index is 508. The molecule has 2 rings (SSSR count). The Morgan fingerprint density at radius 2 is 1.71 bits per heavy atom. The summed E-state index contributed by atoms with van der Waals surface area (Å²) in [6.45, 7) is 2.19. The Morgan fingerprint density at radius 3 is 2.35 bits per heavy atom. The Morgan fingerprint density at radius 1 is 1.06 bits per heavy atom. The highest BCUT2D eigenvalue weighted by atomic mass is 127. The van der Waals surface area contributed by atoms with Crippen molar-refractivity contribution in [2.24, 2.45) is 0 Å². The molecule has 88 valence electrons. The Labute approximate surface area is 125 Å². The molecule has 17 heavy (non-hydrogen) atoms. The number of hydrogen-bond acceptors (Lipinski definition) is 1. The van der Waals surface area contributed by atoms with Gasteiger partial charge in [-0.05, 0) is 77.0 Å². The summed E-state index contributed by atoms with van der Waals surface area (Å²) in [5.74, 6) is 0. The standard InChI is InChI=1S/C14H12ClIS/c1-2-10-9-13(7-8-14(10)16)17-12-5-3-11(15)4-6-12/h3-9H,2H2,1H3. The normalized spacial score (nSPS) is 10.5. The molecule has 2 aromatic rings. The van der Waals surface area contributed by atoms with Gasteiger partial charge in [-0.3, -0.25) is 0 Å². The van der Waals surface area contributed by atoms with Crippen molar-refractivity contribution in [3.8, 4) is 0 Å². The van der Waals surface area contributed by atoms with Gasteiger partial charge in [0.2, 0.25) is 0 Å². The summed E-state index contributed by atoms with van der Waals surface area (Å²) < 4.78 is 1.34. The number of hydrogen-bond donors (Lipinski definition) is 0. The highest BCUT2D eigenvalue weighted by Gasteiger charge is 2.02. The van der Waals surface area contributed by atoms with Crippen LogP contribution in [0.1, 0.15) is 12.5 Å². The predicted octanol–water partition coefficient (Wildman–Crippen LogP) is 5.66. The summed E-state index contributed by atoms with van der Waals surface area (Å²) in [4.78, 5) is 2.50. The van der Waals surface area contributed by atoms with Gasteiger partial charge < -0.3 is 0 Å². The molecule has 2 aromatic carbocycles. The van der Waals surface area contributed by atoms with Crippen molar-refractivity contribution in [1.82, 2.24) is 0 Å². The minimum atomic E-state index is 0.784. The number of rotatable bonds is 3. The van der Waals surface area contributed by atoms with E-state index < -0.39 is 0 Å². The van der Waals surface area contributed by atoms with Crippen molar-refractivity contribution >= 4 is 46.0 Å². The fourth-order valence-corrected chi connectivity index (χ4v) is 3.25. The van der Waals surface area contributed by atoms with Crippen LogP contribution in [0.4, 0.5) is 0 Å². The molecule has 0 N–H and O–H groups in total. The van der Waals surface area contributed by atoms with Crippen LogP contribution in [0.5, 0.6) is 0 Å². The predicted molar refractivity (Wildman–Crippen MR) is 84.1 cm³/mol. The number of aryl methyl sites for hydroxylation is 1. The van der Waals surface area contributed by atoms with E-state index in [-0.39, 0.29) is 0 Å². The zero-order valence-corrected chi connectivity index (χ0v) is 13.1. The SMILES string of the molecule is CCc1cc(Sc2ccc(Cl)cc2)ccc1I. The van der Waals surface area contributed by atoms with Crippen molar-refractivity contribution in [2.45, 2.75) is 23.1 Å². The first-order valence-electron chi connectivity index (χ1n) is 5.41. The lowest BCUT2D eigenvalue weighted by Crippen LogP contribution is -1.86. The van der Waals surface area contributed by atoms with Crippen LogP contribution in [0.3, 0.4) is 0 Å². The van der Waals surface area contributed by atoms with Crippen LogP contribution in [0.2, 0.25) is 5.02 Å². The van der Waals surface area contributed by atoms with E-state index >= 15 is 0 Å². The largest absolute Gasteiger partial charge is 0.0901 e. The average Bonchev–Trinajstić information content (AvgIpc) is 2.34. The van der Waals surface area contributed by atoms with E-state index in [4.69, 9.17) is 11.6 Å². The van der Waals surface area contributed by atoms with Gasteiger partial charge in [-0.2, -0.15) is 0 Å². The van der Waals surface area contributed by atoms with E-state index in [0.29, 0.717) is 0 Å². The van der Waals surface area contributed by atoms with Crippen molar-refractivity contribution < 1.29 is 0 Å². The maximum Gasteiger partial charge on any atom is 0.0406 e. The summed E-state index contributed by atoms with van der Waals surface area (Å²) in [5, 5.41) is 0.784. The fourth-order valence-electron chi connectivity index (χ4n) is 1.52. The van der Waals surface area contributed by atoms with Gasteiger partial charge in [-0.1, -0.05) is 30.3 Å². The Hall–Kier alpha value is -0.190. The molecule has 0 bridgehead atoms. The highest BCUT2D eigenvalue weighted by Crippen LogP contribution is 2.30. The molecule has 0 heterocycles. The van der Waals surface area contributed by atoms with Crippen LogP contribution >= 0.6 is 46.0 Å². The molecule has 0 amide bonds. The van der Waals surface area contributed by atoms with E-state index in [1.807, 2.05) is 12.1 Å². The van der Waals surface area contributed by atoms with Crippen molar-refractivity contribution in [3.63, 3.8) is 0 Å². The van der Waals surface area contributed by atoms with Crippen LogP contribution < -0.4 is 0 Å². The van der Waals surface area contributed by atoms with Crippen molar-refractivity contribution in [1.29, 1.82) is 0 Å². The number of halogens is 2. The molecular weight excluding hydrogens is 363 g/mol. The van der Waals surface area contributed by atoms with Gasteiger partial charge in [0.15, 0.2) is 0 Å². The summed E-state index contributed by atoms with van der Waals surface area (Å²) in [6, 6.07) is 14.6. The minimum Gasteiger partial charge on any atom is -0.0901 e. The Kier molecular flexibility index (Phi) is 4.77. The first-order valence-corrected chi connectivity index (χ1v) is 7.68. The van der Waals surface area contributed by atoms with E-state index in [9.17, 15) is 0 Å². The lowest BCUT2D eigenvalue weighted by Gasteiger charge is -2.06. The topological polar surface area (TPSA) is 0 Å². The molecule has 0 unspecified atom stereocenters. The van der Waals surface area contributed by atoms with E-state index in [2.05, 4.69) is 59.8 Å². The molecule has 0 radical (unpaired) electrons. The van der Waals surface area contributed by atoms with Crippen LogP contribution in [0, 0.1) is 3.57 Å². The lowest BCUT2D eigenvalue weighted by atomic mass is 10.2. The van der Waals surface area contributed by atoms with Gasteiger partial charge in [-0.25, -0.2) is 0 Å². The third-order valence-corrected chi connectivity index (χ3v) is 4.75. The van der Waals surface area contributed by atoms with Crippen LogP contribution in [0.25, 0.3) is 0 Å². The van der Waals surface area contributed by atoms with E-state index in [0.717, 1.165) is 11.4 Å². The second-order valence-corrected chi connectivity index (χ2v) is 6.41. The van der Waals surface area contributed by atoms with Gasteiger partial charge in [0, 0.05) is 18.4 Å². The van der Waals surface area contributed by atoms with Crippen LogP contribution in [0.15, 0.2) is 52.3 Å². The first kappa shape index (κ1) is 13.2. The molecule has 0 aromatic heterocycles. The second kappa shape index (κ2) is 6.12. The summed E-state index contributed by atoms with van der Waals surface area (Å²) in [5.41, 5.74) is 1.41. The molecule has 0 nitrogen and oxygen atoms in total. The molecule has 0 aliphatic rings. The molecule has 0 aliphatic heterocycles. The van der Waals surface area contributed by atoms with Crippen molar-refractivity contribution in [3.05, 3.63) is 56.6 Å². The van der Waals surface area contributed by atoms with Crippen LogP contribution in [-0.2, 0) is 6.42 Å². The van der Waals surface area contributed by atoms with Gasteiger partial charge in [0.25, 0.3) is 0 Å². The maximum atomic E-state index is 5.87. The summed E-state index contributed by atoms with van der Waals surface area (Å²) >= 11 is 10.0. The van der Waals surface area contributed by atoms with Crippen LogP contribution in [-0.4, -0.2) is 0 Å². The van der Waals surface area contributed by atoms with E-state index in [1.54, 1.807) is 11.8 Å². The van der Waals surface area contributed by atoms with Gasteiger partial charge >= 0.3 is 0 Å². The third-order valence-electron chi connectivity index (χ3n) is 2.45. The molecule has 0 saturated heterocycles. The average molecular weight is 375 g/mol. The molecule has 0 aliphatic carbocycles. The van der Waals surface area contributed by atoms with Crippen molar-refractivity contribution in [2.75, 3.05) is 0 Å². The molecule has 0 saturated carbocycles. The molecular formula is C14H12ClIS. The molecule has 0 spiro atoms. The zero-order valence-electron chi connectivity index (χ0n) is 9.41. The third kappa shape index (κ3) is 3.63. The molecule has 0 fully saturated rings. The summed E-state index contributed by atoms with van der Waals surface area (Å²) in [7, 11) is 0. The second-order valence-electron chi connectivity index (χ2n) is 3.66. The molecule has 3 heteroatoms.